The first-order chi connectivity index (χ1) is 16.0. The van der Waals surface area contributed by atoms with Gasteiger partial charge < -0.3 is 9.84 Å². The van der Waals surface area contributed by atoms with Gasteiger partial charge in [-0.25, -0.2) is 14.3 Å². The van der Waals surface area contributed by atoms with Crippen molar-refractivity contribution in [3.63, 3.8) is 0 Å². The van der Waals surface area contributed by atoms with Gasteiger partial charge in [0, 0.05) is 35.8 Å². The molecule has 176 valence electrons. The minimum Gasteiger partial charge on any atom is -0.476 e. The molecule has 34 heavy (non-hydrogen) atoms. The number of fused-ring (bicyclic) bond motifs is 2. The molecular weight excluding hydrogens is 438 g/mol. The van der Waals surface area contributed by atoms with Gasteiger partial charge in [-0.05, 0) is 44.9 Å². The van der Waals surface area contributed by atoms with E-state index in [1.54, 1.807) is 45.3 Å². The average Bonchev–Trinajstić information content (AvgIpc) is 3.30. The van der Waals surface area contributed by atoms with Crippen molar-refractivity contribution < 1.29 is 24.2 Å². The van der Waals surface area contributed by atoms with Crippen LogP contribution < -0.4 is 0 Å². The van der Waals surface area contributed by atoms with Crippen molar-refractivity contribution in [2.24, 2.45) is 0 Å². The molecule has 1 aromatic carbocycles. The number of carboxylic acids is 1. The van der Waals surface area contributed by atoms with Crippen molar-refractivity contribution in [1.82, 2.24) is 24.4 Å². The van der Waals surface area contributed by atoms with Gasteiger partial charge in [0.15, 0.2) is 17.1 Å². The molecule has 0 saturated carbocycles. The number of ether oxygens (including phenoxy) is 1. The number of hydrogen-bond donors (Lipinski definition) is 1. The summed E-state index contributed by atoms with van der Waals surface area (Å²) in [5.41, 5.74) is 2.69. The predicted octanol–water partition coefficient (Wildman–Crippen LogP) is 3.55. The van der Waals surface area contributed by atoms with Gasteiger partial charge in [-0.3, -0.25) is 14.3 Å². The highest BCUT2D eigenvalue weighted by molar-refractivity contribution is 6.06. The summed E-state index contributed by atoms with van der Waals surface area (Å²) in [6.07, 6.45) is 3.83. The van der Waals surface area contributed by atoms with Crippen LogP contribution in [0.15, 0.2) is 30.6 Å². The molecule has 4 aromatic rings. The van der Waals surface area contributed by atoms with Crippen molar-refractivity contribution in [3.05, 3.63) is 47.5 Å². The molecule has 0 amide bonds. The zero-order valence-electron chi connectivity index (χ0n) is 19.6. The maximum Gasteiger partial charge on any atom is 0.356 e. The Balaban J connectivity index is 1.78. The Morgan fingerprint density at radius 3 is 2.44 bits per heavy atom. The summed E-state index contributed by atoms with van der Waals surface area (Å²) in [4.78, 5) is 40.6. The molecule has 3 heterocycles. The number of nitrogens with zero attached hydrogens (tertiary/aromatic N) is 5. The van der Waals surface area contributed by atoms with Gasteiger partial charge in [-0.15, -0.1) is 0 Å². The summed E-state index contributed by atoms with van der Waals surface area (Å²) in [6.45, 7) is 8.50. The van der Waals surface area contributed by atoms with E-state index in [2.05, 4.69) is 15.2 Å². The van der Waals surface area contributed by atoms with Gasteiger partial charge in [0.1, 0.15) is 17.8 Å². The summed E-state index contributed by atoms with van der Waals surface area (Å²) in [7, 11) is 0. The lowest BCUT2D eigenvalue weighted by atomic mass is 10.0. The monoisotopic (exact) mass is 463 g/mol. The number of aryl methyl sites for hydroxylation is 1. The van der Waals surface area contributed by atoms with Crippen molar-refractivity contribution in [2.45, 2.75) is 53.2 Å². The number of esters is 1. The second-order valence-corrected chi connectivity index (χ2v) is 8.98. The third-order valence-electron chi connectivity index (χ3n) is 5.24. The maximum atomic E-state index is 12.3. The fraction of sp³-hybridized carbons (Fsp3) is 0.333. The normalized spacial score (nSPS) is 11.8. The topological polar surface area (TPSA) is 129 Å². The van der Waals surface area contributed by atoms with Crippen molar-refractivity contribution in [2.75, 3.05) is 0 Å². The van der Waals surface area contributed by atoms with Crippen LogP contribution in [0.3, 0.4) is 0 Å². The van der Waals surface area contributed by atoms with Gasteiger partial charge in [0.25, 0.3) is 0 Å². The van der Waals surface area contributed by atoms with E-state index in [1.807, 2.05) is 13.0 Å². The lowest BCUT2D eigenvalue weighted by Gasteiger charge is -2.19. The highest BCUT2D eigenvalue weighted by Gasteiger charge is 2.22. The van der Waals surface area contributed by atoms with Gasteiger partial charge >= 0.3 is 11.9 Å². The number of benzene rings is 1. The summed E-state index contributed by atoms with van der Waals surface area (Å²) in [6, 6.07) is 5.41. The number of Topliss-reactive ketones (excluding diaryl/α,β-unsaturated/α-hetero) is 1. The minimum absolute atomic E-state index is 0.0233. The Hall–Kier alpha value is -4.08. The molecule has 0 aliphatic heterocycles. The number of aromatic nitrogens is 5. The molecule has 3 aromatic heterocycles. The van der Waals surface area contributed by atoms with E-state index in [4.69, 9.17) is 4.74 Å². The Morgan fingerprint density at radius 2 is 1.82 bits per heavy atom. The largest absolute Gasteiger partial charge is 0.476 e. The van der Waals surface area contributed by atoms with Gasteiger partial charge in [-0.1, -0.05) is 13.0 Å². The molecule has 0 saturated heterocycles. The molecule has 4 rings (SSSR count). The van der Waals surface area contributed by atoms with E-state index in [1.165, 1.54) is 16.1 Å². The molecule has 10 heteroatoms. The van der Waals surface area contributed by atoms with Crippen LogP contribution in [0.4, 0.5) is 0 Å². The van der Waals surface area contributed by atoms with E-state index in [0.717, 1.165) is 5.56 Å². The van der Waals surface area contributed by atoms with Gasteiger partial charge in [0.2, 0.25) is 0 Å². The van der Waals surface area contributed by atoms with Crippen LogP contribution in [-0.4, -0.2) is 52.8 Å². The Morgan fingerprint density at radius 1 is 1.09 bits per heavy atom. The smallest absolute Gasteiger partial charge is 0.356 e. The first-order valence-corrected chi connectivity index (χ1v) is 10.8. The first kappa shape index (κ1) is 23.1. The quantitative estimate of drug-likeness (QED) is 0.340. The van der Waals surface area contributed by atoms with E-state index in [0.29, 0.717) is 34.1 Å². The molecule has 0 bridgehead atoms. The number of hydrogen-bond acceptors (Lipinski definition) is 7. The number of ketones is 1. The molecule has 0 fully saturated rings. The fourth-order valence-corrected chi connectivity index (χ4v) is 3.86. The predicted molar refractivity (Wildman–Crippen MR) is 124 cm³/mol. The Bertz CT molecular complexity index is 1460. The van der Waals surface area contributed by atoms with Crippen LogP contribution in [0, 0.1) is 0 Å². The van der Waals surface area contributed by atoms with Crippen LogP contribution in [0.2, 0.25) is 0 Å². The third-order valence-corrected chi connectivity index (χ3v) is 5.24. The van der Waals surface area contributed by atoms with Crippen LogP contribution in [-0.2, 0) is 22.5 Å². The van der Waals surface area contributed by atoms with E-state index in [9.17, 15) is 19.5 Å². The fourth-order valence-electron chi connectivity index (χ4n) is 3.86. The Kier molecular flexibility index (Phi) is 5.68. The molecule has 10 nitrogen and oxygen atoms in total. The standard InChI is InChI=1S/C24H25N5O5/c1-6-16-21(23(32)33)27-29-11-15(10-25-22(16)29)14-7-8-18-17(9-14)20(13(2)30)26-28(18)12-19(31)34-24(3,4)5/h7-11H,6,12H2,1-5H3,(H,32,33). The summed E-state index contributed by atoms with van der Waals surface area (Å²) in [5.74, 6) is -1.79. The molecular formula is C24H25N5O5. The van der Waals surface area contributed by atoms with E-state index >= 15 is 0 Å². The van der Waals surface area contributed by atoms with Crippen LogP contribution in [0.1, 0.15) is 61.2 Å². The third kappa shape index (κ3) is 4.26. The van der Waals surface area contributed by atoms with E-state index < -0.39 is 17.5 Å². The van der Waals surface area contributed by atoms with Crippen molar-refractivity contribution >= 4 is 34.3 Å². The summed E-state index contributed by atoms with van der Waals surface area (Å²) >= 11 is 0. The zero-order valence-corrected chi connectivity index (χ0v) is 19.6. The summed E-state index contributed by atoms with van der Waals surface area (Å²) < 4.78 is 8.31. The molecule has 0 unspecified atom stereocenters. The number of rotatable bonds is 6. The molecule has 0 atom stereocenters. The highest BCUT2D eigenvalue weighted by atomic mass is 16.6. The van der Waals surface area contributed by atoms with Crippen LogP contribution >= 0.6 is 0 Å². The molecule has 0 spiro atoms. The lowest BCUT2D eigenvalue weighted by molar-refractivity contribution is -0.155. The second kappa shape index (κ2) is 8.36. The molecule has 0 radical (unpaired) electrons. The first-order valence-electron chi connectivity index (χ1n) is 10.8. The Labute approximate surface area is 195 Å². The number of aromatic carboxylic acids is 1. The van der Waals surface area contributed by atoms with Crippen molar-refractivity contribution in [1.29, 1.82) is 0 Å². The maximum absolute atomic E-state index is 12.3. The van der Waals surface area contributed by atoms with Gasteiger partial charge in [-0.2, -0.15) is 10.2 Å². The lowest BCUT2D eigenvalue weighted by Crippen LogP contribution is -2.26. The van der Waals surface area contributed by atoms with Crippen LogP contribution in [0.25, 0.3) is 27.7 Å². The SMILES string of the molecule is CCc1c(C(=O)O)nn2cc(-c3ccc4c(c3)c(C(C)=O)nn4CC(=O)OC(C)(C)C)cnc12. The van der Waals surface area contributed by atoms with E-state index in [-0.39, 0.29) is 23.7 Å². The number of carbonyl (C=O) groups excluding carboxylic acids is 2. The molecule has 0 aliphatic carbocycles. The average molecular weight is 463 g/mol. The zero-order chi connectivity index (χ0) is 24.8. The minimum atomic E-state index is -1.10. The van der Waals surface area contributed by atoms with Crippen LogP contribution in [0.5, 0.6) is 0 Å². The second-order valence-electron chi connectivity index (χ2n) is 8.98. The number of carbonyl (C=O) groups is 3. The molecule has 1 N–H and O–H groups in total. The number of carboxylic acid groups (broad SMARTS) is 1. The summed E-state index contributed by atoms with van der Waals surface area (Å²) in [5, 5.41) is 18.6. The highest BCUT2D eigenvalue weighted by Crippen LogP contribution is 2.28. The van der Waals surface area contributed by atoms with Gasteiger partial charge in [0.05, 0.1) is 5.52 Å². The molecule has 0 aliphatic rings. The van der Waals surface area contributed by atoms with Crippen molar-refractivity contribution in [3.8, 4) is 11.1 Å².